The van der Waals surface area contributed by atoms with Crippen LogP contribution in [0.15, 0.2) is 16.9 Å². The monoisotopic (exact) mass is 386 g/mol. The number of hydrogen-bond acceptors (Lipinski definition) is 6. The van der Waals surface area contributed by atoms with E-state index < -0.39 is 0 Å². The minimum Gasteiger partial charge on any atom is -0.342 e. The van der Waals surface area contributed by atoms with Crippen LogP contribution in [0.25, 0.3) is 0 Å². The fourth-order valence-electron chi connectivity index (χ4n) is 4.32. The molecule has 0 aliphatic carbocycles. The lowest BCUT2D eigenvalue weighted by Gasteiger charge is -2.31. The number of nitrogens with zero attached hydrogens (tertiary/aromatic N) is 5. The lowest BCUT2D eigenvalue weighted by Crippen LogP contribution is -2.40. The lowest BCUT2D eigenvalue weighted by atomic mass is 9.89. The fourth-order valence-corrected chi connectivity index (χ4v) is 4.32. The van der Waals surface area contributed by atoms with Crippen molar-refractivity contribution in [3.63, 3.8) is 0 Å². The third-order valence-electron chi connectivity index (χ3n) is 6.00. The van der Waals surface area contributed by atoms with Crippen molar-refractivity contribution in [1.29, 1.82) is 0 Å². The minimum absolute atomic E-state index is 0.0565. The molecule has 0 aromatic carbocycles. The Morgan fingerprint density at radius 3 is 2.71 bits per heavy atom. The van der Waals surface area contributed by atoms with Gasteiger partial charge in [-0.1, -0.05) is 19.0 Å². The number of carbonyl (C=O) groups is 1. The molecular formula is C20H30N6O2. The van der Waals surface area contributed by atoms with Gasteiger partial charge in [-0.25, -0.2) is 0 Å². The second-order valence-electron chi connectivity index (χ2n) is 8.42. The number of piperidine rings is 2. The SMILES string of the molecule is CC(C)C(=O)N1CCC(c2noc(C3CCNC(c4cnn(C)c4)C3)n2)CC1. The summed E-state index contributed by atoms with van der Waals surface area (Å²) in [5.41, 5.74) is 1.20. The van der Waals surface area contributed by atoms with Gasteiger partial charge in [-0.15, -0.1) is 0 Å². The summed E-state index contributed by atoms with van der Waals surface area (Å²) >= 11 is 0. The molecule has 1 N–H and O–H groups in total. The van der Waals surface area contributed by atoms with Crippen LogP contribution < -0.4 is 5.32 Å². The molecule has 2 unspecified atom stereocenters. The molecule has 0 radical (unpaired) electrons. The molecule has 2 aromatic rings. The summed E-state index contributed by atoms with van der Waals surface area (Å²) in [5, 5.41) is 12.1. The molecule has 2 aliphatic heterocycles. The van der Waals surface area contributed by atoms with Crippen LogP contribution in [-0.4, -0.2) is 50.4 Å². The molecule has 4 heterocycles. The van der Waals surface area contributed by atoms with E-state index >= 15 is 0 Å². The summed E-state index contributed by atoms with van der Waals surface area (Å²) in [7, 11) is 1.94. The zero-order chi connectivity index (χ0) is 19.7. The summed E-state index contributed by atoms with van der Waals surface area (Å²) in [6.45, 7) is 6.40. The lowest BCUT2D eigenvalue weighted by molar-refractivity contribution is -0.135. The Kier molecular flexibility index (Phi) is 5.48. The van der Waals surface area contributed by atoms with Crippen molar-refractivity contribution in [2.24, 2.45) is 13.0 Å². The highest BCUT2D eigenvalue weighted by Crippen LogP contribution is 2.34. The van der Waals surface area contributed by atoms with Gasteiger partial charge in [0, 0.05) is 55.7 Å². The molecule has 28 heavy (non-hydrogen) atoms. The van der Waals surface area contributed by atoms with Gasteiger partial charge in [-0.05, 0) is 32.2 Å². The first-order chi connectivity index (χ1) is 13.5. The first kappa shape index (κ1) is 19.1. The predicted octanol–water partition coefficient (Wildman–Crippen LogP) is 2.37. The van der Waals surface area contributed by atoms with Crippen LogP contribution in [0.4, 0.5) is 0 Å². The Morgan fingerprint density at radius 1 is 1.25 bits per heavy atom. The quantitative estimate of drug-likeness (QED) is 0.868. The van der Waals surface area contributed by atoms with E-state index in [1.165, 1.54) is 5.56 Å². The van der Waals surface area contributed by atoms with Crippen LogP contribution in [0.5, 0.6) is 0 Å². The maximum atomic E-state index is 12.2. The highest BCUT2D eigenvalue weighted by molar-refractivity contribution is 5.78. The van der Waals surface area contributed by atoms with E-state index in [-0.39, 0.29) is 29.7 Å². The van der Waals surface area contributed by atoms with Crippen LogP contribution in [-0.2, 0) is 11.8 Å². The molecular weight excluding hydrogens is 356 g/mol. The summed E-state index contributed by atoms with van der Waals surface area (Å²) in [6.07, 6.45) is 7.73. The average molecular weight is 387 g/mol. The van der Waals surface area contributed by atoms with Gasteiger partial charge >= 0.3 is 0 Å². The topological polar surface area (TPSA) is 89.1 Å². The summed E-state index contributed by atoms with van der Waals surface area (Å²) in [5.74, 6) is 2.42. The molecule has 0 saturated carbocycles. The second-order valence-corrected chi connectivity index (χ2v) is 8.42. The number of aryl methyl sites for hydroxylation is 1. The normalized spacial score (nSPS) is 24.1. The van der Waals surface area contributed by atoms with E-state index in [1.54, 1.807) is 0 Å². The zero-order valence-electron chi connectivity index (χ0n) is 17.0. The van der Waals surface area contributed by atoms with Crippen molar-refractivity contribution < 1.29 is 9.32 Å². The van der Waals surface area contributed by atoms with Crippen molar-refractivity contribution in [1.82, 2.24) is 30.1 Å². The van der Waals surface area contributed by atoms with E-state index in [0.29, 0.717) is 0 Å². The van der Waals surface area contributed by atoms with Crippen LogP contribution in [0.3, 0.4) is 0 Å². The predicted molar refractivity (Wildman–Crippen MR) is 104 cm³/mol. The molecule has 2 fully saturated rings. The van der Waals surface area contributed by atoms with E-state index in [4.69, 9.17) is 9.51 Å². The zero-order valence-corrected chi connectivity index (χ0v) is 17.0. The number of carbonyl (C=O) groups excluding carboxylic acids is 1. The molecule has 0 spiro atoms. The third kappa shape index (κ3) is 3.97. The average Bonchev–Trinajstić information content (AvgIpc) is 3.37. The Morgan fingerprint density at radius 2 is 2.04 bits per heavy atom. The van der Waals surface area contributed by atoms with E-state index in [9.17, 15) is 4.79 Å². The van der Waals surface area contributed by atoms with Crippen LogP contribution in [0, 0.1) is 5.92 Å². The van der Waals surface area contributed by atoms with Gasteiger partial charge in [0.15, 0.2) is 5.82 Å². The van der Waals surface area contributed by atoms with Gasteiger partial charge in [0.05, 0.1) is 6.20 Å². The van der Waals surface area contributed by atoms with Crippen LogP contribution in [0.1, 0.15) is 74.7 Å². The number of rotatable bonds is 4. The van der Waals surface area contributed by atoms with Gasteiger partial charge in [0.25, 0.3) is 0 Å². The Hall–Kier alpha value is -2.22. The van der Waals surface area contributed by atoms with Crippen LogP contribution >= 0.6 is 0 Å². The molecule has 8 nitrogen and oxygen atoms in total. The standard InChI is InChI=1S/C20H30N6O2/c1-13(2)20(27)26-8-5-14(6-9-26)18-23-19(28-24-18)15-4-7-21-17(10-15)16-11-22-25(3)12-16/h11-15,17,21H,4-10H2,1-3H3. The molecule has 2 aliphatic rings. The molecule has 2 atom stereocenters. The maximum absolute atomic E-state index is 12.2. The summed E-state index contributed by atoms with van der Waals surface area (Å²) in [6, 6.07) is 0.271. The first-order valence-corrected chi connectivity index (χ1v) is 10.4. The minimum atomic E-state index is 0.0565. The molecule has 4 rings (SSSR count). The molecule has 2 aromatic heterocycles. The van der Waals surface area contributed by atoms with Gasteiger partial charge in [0.2, 0.25) is 11.8 Å². The summed E-state index contributed by atoms with van der Waals surface area (Å²) < 4.78 is 7.50. The highest BCUT2D eigenvalue weighted by atomic mass is 16.5. The molecule has 152 valence electrons. The number of aromatic nitrogens is 4. The van der Waals surface area contributed by atoms with Gasteiger partial charge in [0.1, 0.15) is 0 Å². The second kappa shape index (κ2) is 8.03. The highest BCUT2D eigenvalue weighted by Gasteiger charge is 2.31. The Labute approximate surface area is 165 Å². The van der Waals surface area contributed by atoms with E-state index in [2.05, 4.69) is 21.8 Å². The number of nitrogens with one attached hydrogen (secondary N) is 1. The largest absolute Gasteiger partial charge is 0.342 e. The van der Waals surface area contributed by atoms with Crippen molar-refractivity contribution in [3.05, 3.63) is 29.7 Å². The van der Waals surface area contributed by atoms with Crippen molar-refractivity contribution in [2.75, 3.05) is 19.6 Å². The molecule has 2 saturated heterocycles. The number of likely N-dealkylation sites (tertiary alicyclic amines) is 1. The first-order valence-electron chi connectivity index (χ1n) is 10.4. The number of hydrogen-bond donors (Lipinski definition) is 1. The van der Waals surface area contributed by atoms with E-state index in [1.807, 2.05) is 36.7 Å². The molecule has 8 heteroatoms. The third-order valence-corrected chi connectivity index (χ3v) is 6.00. The maximum Gasteiger partial charge on any atom is 0.229 e. The van der Waals surface area contributed by atoms with Gasteiger partial charge in [-0.3, -0.25) is 9.48 Å². The van der Waals surface area contributed by atoms with Crippen molar-refractivity contribution >= 4 is 5.91 Å². The van der Waals surface area contributed by atoms with Crippen molar-refractivity contribution in [2.45, 2.75) is 57.4 Å². The van der Waals surface area contributed by atoms with Gasteiger partial charge < -0.3 is 14.7 Å². The smallest absolute Gasteiger partial charge is 0.229 e. The van der Waals surface area contributed by atoms with Gasteiger partial charge in [-0.2, -0.15) is 10.1 Å². The van der Waals surface area contributed by atoms with E-state index in [0.717, 1.165) is 57.0 Å². The van der Waals surface area contributed by atoms with Crippen molar-refractivity contribution in [3.8, 4) is 0 Å². The Balaban J connectivity index is 1.37. The Bertz CT molecular complexity index is 805. The number of amides is 1. The molecule has 1 amide bonds. The fraction of sp³-hybridized carbons (Fsp3) is 0.700. The van der Waals surface area contributed by atoms with Crippen LogP contribution in [0.2, 0.25) is 0 Å². The summed E-state index contributed by atoms with van der Waals surface area (Å²) in [4.78, 5) is 18.9. The molecule has 0 bridgehead atoms.